The first-order valence-electron chi connectivity index (χ1n) is 6.55. The van der Waals surface area contributed by atoms with Gasteiger partial charge in [0.05, 0.1) is 11.0 Å². The van der Waals surface area contributed by atoms with E-state index >= 15 is 0 Å². The average Bonchev–Trinajstić information content (AvgIpc) is 2.73. The molecule has 0 aliphatic heterocycles. The van der Waals surface area contributed by atoms with Gasteiger partial charge < -0.3 is 5.32 Å². The molecule has 0 saturated heterocycles. The van der Waals surface area contributed by atoms with Crippen molar-refractivity contribution in [3.05, 3.63) is 0 Å². The summed E-state index contributed by atoms with van der Waals surface area (Å²) in [6.45, 7) is 5.18. The van der Waals surface area contributed by atoms with Crippen LogP contribution in [-0.2, 0) is 9.84 Å². The highest BCUT2D eigenvalue weighted by atomic mass is 32.2. The van der Waals surface area contributed by atoms with Gasteiger partial charge in [0.2, 0.25) is 0 Å². The van der Waals surface area contributed by atoms with Crippen LogP contribution in [0.1, 0.15) is 52.4 Å². The lowest BCUT2D eigenvalue weighted by atomic mass is 10.2. The summed E-state index contributed by atoms with van der Waals surface area (Å²) in [7, 11) is -2.82. The maximum atomic E-state index is 12.0. The molecule has 3 nitrogen and oxygen atoms in total. The summed E-state index contributed by atoms with van der Waals surface area (Å²) < 4.78 is 24.0. The molecule has 1 N–H and O–H groups in total. The predicted octanol–water partition coefficient (Wildman–Crippen LogP) is 2.12. The van der Waals surface area contributed by atoms with Gasteiger partial charge in [-0.15, -0.1) is 0 Å². The highest BCUT2D eigenvalue weighted by molar-refractivity contribution is 7.92. The van der Waals surface area contributed by atoms with Gasteiger partial charge in [0.1, 0.15) is 0 Å². The summed E-state index contributed by atoms with van der Waals surface area (Å²) >= 11 is 0. The molecule has 16 heavy (non-hydrogen) atoms. The Hall–Kier alpha value is -0.0900. The van der Waals surface area contributed by atoms with E-state index in [4.69, 9.17) is 0 Å². The van der Waals surface area contributed by atoms with Crippen LogP contribution in [0.15, 0.2) is 0 Å². The lowest BCUT2D eigenvalue weighted by molar-refractivity contribution is 0.520. The molecule has 0 heterocycles. The molecule has 2 unspecified atom stereocenters. The van der Waals surface area contributed by atoms with Crippen LogP contribution in [-0.4, -0.2) is 32.0 Å². The van der Waals surface area contributed by atoms with Crippen molar-refractivity contribution in [1.29, 1.82) is 0 Å². The molecule has 0 aromatic carbocycles. The van der Waals surface area contributed by atoms with Crippen LogP contribution in [0.4, 0.5) is 0 Å². The summed E-state index contributed by atoms with van der Waals surface area (Å²) in [5.74, 6) is 0.384. The van der Waals surface area contributed by atoms with Crippen LogP contribution in [0.5, 0.6) is 0 Å². The highest BCUT2D eigenvalue weighted by Crippen LogP contribution is 2.26. The van der Waals surface area contributed by atoms with Gasteiger partial charge in [-0.1, -0.05) is 20.3 Å². The van der Waals surface area contributed by atoms with Gasteiger partial charge >= 0.3 is 0 Å². The van der Waals surface area contributed by atoms with E-state index in [0.717, 1.165) is 45.1 Å². The Labute approximate surface area is 99.9 Å². The van der Waals surface area contributed by atoms with Crippen molar-refractivity contribution in [3.63, 3.8) is 0 Å². The number of sulfone groups is 1. The molecule has 0 radical (unpaired) electrons. The van der Waals surface area contributed by atoms with Gasteiger partial charge in [0.25, 0.3) is 0 Å². The smallest absolute Gasteiger partial charge is 0.153 e. The first-order chi connectivity index (χ1) is 7.60. The molecule has 0 aromatic heterocycles. The van der Waals surface area contributed by atoms with E-state index in [-0.39, 0.29) is 5.25 Å². The molecule has 4 heteroatoms. The van der Waals surface area contributed by atoms with Gasteiger partial charge in [-0.25, -0.2) is 8.42 Å². The number of hydrogen-bond donors (Lipinski definition) is 1. The first kappa shape index (κ1) is 14.0. The quantitative estimate of drug-likeness (QED) is 0.749. The van der Waals surface area contributed by atoms with Crippen LogP contribution >= 0.6 is 0 Å². The minimum atomic E-state index is -2.82. The maximum absolute atomic E-state index is 12.0. The van der Waals surface area contributed by atoms with E-state index < -0.39 is 9.84 Å². The van der Waals surface area contributed by atoms with Crippen molar-refractivity contribution in [2.45, 2.75) is 63.7 Å². The SMILES string of the molecule is CCCCS(=O)(=O)C1CCC(NCCC)C1. The number of nitrogens with one attached hydrogen (secondary N) is 1. The molecule has 1 aliphatic rings. The topological polar surface area (TPSA) is 46.2 Å². The fourth-order valence-electron chi connectivity index (χ4n) is 2.31. The van der Waals surface area contributed by atoms with E-state index in [1.165, 1.54) is 0 Å². The molecule has 0 amide bonds. The van der Waals surface area contributed by atoms with Gasteiger partial charge in [-0.05, 0) is 38.6 Å². The zero-order valence-electron chi connectivity index (χ0n) is 10.5. The maximum Gasteiger partial charge on any atom is 0.153 e. The van der Waals surface area contributed by atoms with Crippen LogP contribution in [0.25, 0.3) is 0 Å². The van der Waals surface area contributed by atoms with E-state index in [1.807, 2.05) is 6.92 Å². The predicted molar refractivity (Wildman–Crippen MR) is 68.4 cm³/mol. The van der Waals surface area contributed by atoms with E-state index in [2.05, 4.69) is 12.2 Å². The van der Waals surface area contributed by atoms with Crippen LogP contribution in [0.3, 0.4) is 0 Å². The molecule has 1 fully saturated rings. The lowest BCUT2D eigenvalue weighted by Gasteiger charge is -2.13. The Bertz CT molecular complexity index is 287. The molecule has 0 bridgehead atoms. The normalized spacial score (nSPS) is 26.1. The first-order valence-corrected chi connectivity index (χ1v) is 8.26. The monoisotopic (exact) mass is 247 g/mol. The lowest BCUT2D eigenvalue weighted by Crippen LogP contribution is -2.29. The molecule has 0 aromatic rings. The van der Waals surface area contributed by atoms with Crippen molar-refractivity contribution in [1.82, 2.24) is 5.32 Å². The van der Waals surface area contributed by atoms with Crippen molar-refractivity contribution < 1.29 is 8.42 Å². The Morgan fingerprint density at radius 1 is 1.19 bits per heavy atom. The molecule has 96 valence electrons. The second kappa shape index (κ2) is 6.60. The summed E-state index contributed by atoms with van der Waals surface area (Å²) in [6.07, 6.45) is 5.59. The number of hydrogen-bond acceptors (Lipinski definition) is 3. The van der Waals surface area contributed by atoms with Gasteiger partial charge in [0, 0.05) is 6.04 Å². The minimum absolute atomic E-state index is 0.0755. The second-order valence-corrected chi connectivity index (χ2v) is 7.21. The fraction of sp³-hybridized carbons (Fsp3) is 1.00. The Morgan fingerprint density at radius 3 is 2.56 bits per heavy atom. The molecular formula is C12H25NO2S. The minimum Gasteiger partial charge on any atom is -0.314 e. The zero-order chi connectivity index (χ0) is 12.0. The van der Waals surface area contributed by atoms with E-state index in [0.29, 0.717) is 11.8 Å². The van der Waals surface area contributed by atoms with E-state index in [9.17, 15) is 8.42 Å². The van der Waals surface area contributed by atoms with Crippen molar-refractivity contribution in [2.24, 2.45) is 0 Å². The van der Waals surface area contributed by atoms with Gasteiger partial charge in [0.15, 0.2) is 9.84 Å². The van der Waals surface area contributed by atoms with Crippen LogP contribution < -0.4 is 5.32 Å². The van der Waals surface area contributed by atoms with Crippen LogP contribution in [0, 0.1) is 0 Å². The Kier molecular flexibility index (Phi) is 5.76. The number of rotatable bonds is 7. The Balaban J connectivity index is 2.39. The molecule has 0 spiro atoms. The van der Waals surface area contributed by atoms with Crippen molar-refractivity contribution in [2.75, 3.05) is 12.3 Å². The third kappa shape index (κ3) is 4.06. The molecule has 1 aliphatic carbocycles. The average molecular weight is 247 g/mol. The molecule has 1 rings (SSSR count). The fourth-order valence-corrected chi connectivity index (χ4v) is 4.36. The highest BCUT2D eigenvalue weighted by Gasteiger charge is 2.33. The standard InChI is InChI=1S/C12H25NO2S/c1-3-5-9-16(14,15)12-7-6-11(10-12)13-8-4-2/h11-13H,3-10H2,1-2H3. The second-order valence-electron chi connectivity index (χ2n) is 4.81. The summed E-state index contributed by atoms with van der Waals surface area (Å²) in [4.78, 5) is 0. The Morgan fingerprint density at radius 2 is 1.94 bits per heavy atom. The molecule has 2 atom stereocenters. The van der Waals surface area contributed by atoms with Gasteiger partial charge in [-0.3, -0.25) is 0 Å². The van der Waals surface area contributed by atoms with Crippen LogP contribution in [0.2, 0.25) is 0 Å². The zero-order valence-corrected chi connectivity index (χ0v) is 11.4. The van der Waals surface area contributed by atoms with Crippen molar-refractivity contribution >= 4 is 9.84 Å². The third-order valence-corrected chi connectivity index (χ3v) is 5.66. The number of unbranched alkanes of at least 4 members (excludes halogenated alkanes) is 1. The molecule has 1 saturated carbocycles. The summed E-state index contributed by atoms with van der Waals surface area (Å²) in [6, 6.07) is 0.432. The van der Waals surface area contributed by atoms with Crippen molar-refractivity contribution in [3.8, 4) is 0 Å². The van der Waals surface area contributed by atoms with E-state index in [1.54, 1.807) is 0 Å². The summed E-state index contributed by atoms with van der Waals surface area (Å²) in [5.41, 5.74) is 0. The summed E-state index contributed by atoms with van der Waals surface area (Å²) in [5, 5.41) is 3.35. The molecular weight excluding hydrogens is 222 g/mol. The van der Waals surface area contributed by atoms with Gasteiger partial charge in [-0.2, -0.15) is 0 Å². The largest absolute Gasteiger partial charge is 0.314 e. The third-order valence-electron chi connectivity index (χ3n) is 3.36.